The van der Waals surface area contributed by atoms with Gasteiger partial charge in [-0.3, -0.25) is 4.79 Å². The van der Waals surface area contributed by atoms with Crippen molar-refractivity contribution in [1.82, 2.24) is 9.55 Å². The van der Waals surface area contributed by atoms with Crippen LogP contribution in [0.2, 0.25) is 0 Å². The third-order valence-corrected chi connectivity index (χ3v) is 2.46. The summed E-state index contributed by atoms with van der Waals surface area (Å²) in [6, 6.07) is 4.05. The zero-order valence-corrected chi connectivity index (χ0v) is 9.63. The molecule has 1 aromatic carbocycles. The molecule has 5 nitrogen and oxygen atoms in total. The first kappa shape index (κ1) is 12.1. The Labute approximate surface area is 102 Å². The van der Waals surface area contributed by atoms with E-state index in [0.717, 1.165) is 0 Å². The van der Waals surface area contributed by atoms with Crippen molar-refractivity contribution in [3.05, 3.63) is 36.5 Å². The summed E-state index contributed by atoms with van der Waals surface area (Å²) < 4.78 is 19.8. The molecular weight excluding hydrogens is 239 g/mol. The molecule has 0 aliphatic heterocycles. The van der Waals surface area contributed by atoms with Crippen LogP contribution in [0.25, 0.3) is 11.3 Å². The van der Waals surface area contributed by atoms with Gasteiger partial charge in [0.05, 0.1) is 25.3 Å². The first-order valence-corrected chi connectivity index (χ1v) is 5.17. The lowest BCUT2D eigenvalue weighted by atomic mass is 10.1. The molecule has 0 radical (unpaired) electrons. The lowest BCUT2D eigenvalue weighted by molar-refractivity contribution is -0.137. The van der Waals surface area contributed by atoms with Crippen LogP contribution in [0.15, 0.2) is 30.7 Å². The van der Waals surface area contributed by atoms with Gasteiger partial charge in [-0.1, -0.05) is 0 Å². The largest absolute Gasteiger partial charge is 0.496 e. The number of rotatable bonds is 4. The molecule has 0 aliphatic rings. The van der Waals surface area contributed by atoms with E-state index in [1.807, 2.05) is 0 Å². The number of imidazole rings is 1. The van der Waals surface area contributed by atoms with Crippen molar-refractivity contribution < 1.29 is 19.0 Å². The Hall–Kier alpha value is -2.37. The predicted octanol–water partition coefficient (Wildman–Crippen LogP) is 1.78. The molecule has 0 amide bonds. The number of methoxy groups -OCH3 is 1. The van der Waals surface area contributed by atoms with Crippen molar-refractivity contribution in [1.29, 1.82) is 0 Å². The normalized spacial score (nSPS) is 10.3. The minimum absolute atomic E-state index is 0.241. The van der Waals surface area contributed by atoms with Gasteiger partial charge in [0.15, 0.2) is 0 Å². The minimum Gasteiger partial charge on any atom is -0.496 e. The van der Waals surface area contributed by atoms with Gasteiger partial charge in [0, 0.05) is 5.56 Å². The van der Waals surface area contributed by atoms with E-state index in [-0.39, 0.29) is 6.54 Å². The summed E-state index contributed by atoms with van der Waals surface area (Å²) in [5.74, 6) is -0.956. The van der Waals surface area contributed by atoms with Crippen LogP contribution in [-0.4, -0.2) is 27.7 Å². The van der Waals surface area contributed by atoms with E-state index >= 15 is 0 Å². The molecule has 94 valence electrons. The lowest BCUT2D eigenvalue weighted by Crippen LogP contribution is -2.09. The summed E-state index contributed by atoms with van der Waals surface area (Å²) in [4.78, 5) is 14.6. The number of hydrogen-bond donors (Lipinski definition) is 1. The van der Waals surface area contributed by atoms with Gasteiger partial charge in [-0.15, -0.1) is 0 Å². The van der Waals surface area contributed by atoms with E-state index in [1.165, 1.54) is 42.4 Å². The van der Waals surface area contributed by atoms with E-state index in [9.17, 15) is 9.18 Å². The minimum atomic E-state index is -0.996. The second-order valence-electron chi connectivity index (χ2n) is 3.65. The maximum atomic E-state index is 13.3. The molecule has 0 saturated heterocycles. The number of carboxylic acids is 1. The Morgan fingerprint density at radius 3 is 3.00 bits per heavy atom. The van der Waals surface area contributed by atoms with Gasteiger partial charge < -0.3 is 14.4 Å². The first-order valence-electron chi connectivity index (χ1n) is 5.17. The highest BCUT2D eigenvalue weighted by Crippen LogP contribution is 2.30. The number of carboxylic acid groups (broad SMARTS) is 1. The summed E-state index contributed by atoms with van der Waals surface area (Å²) in [6.07, 6.45) is 2.86. The molecule has 0 aliphatic carbocycles. The average Bonchev–Trinajstić information content (AvgIpc) is 2.76. The molecule has 0 fully saturated rings. The van der Waals surface area contributed by atoms with Crippen molar-refractivity contribution in [2.45, 2.75) is 6.54 Å². The summed E-state index contributed by atoms with van der Waals surface area (Å²) in [5, 5.41) is 8.78. The summed E-state index contributed by atoms with van der Waals surface area (Å²) >= 11 is 0. The van der Waals surface area contributed by atoms with E-state index in [4.69, 9.17) is 9.84 Å². The molecule has 1 N–H and O–H groups in total. The smallest absolute Gasteiger partial charge is 0.323 e. The average molecular weight is 250 g/mol. The fourth-order valence-electron chi connectivity index (χ4n) is 1.70. The Morgan fingerprint density at radius 2 is 2.33 bits per heavy atom. The zero-order chi connectivity index (χ0) is 13.1. The van der Waals surface area contributed by atoms with Crippen molar-refractivity contribution in [2.24, 2.45) is 0 Å². The molecule has 0 atom stereocenters. The highest BCUT2D eigenvalue weighted by molar-refractivity contribution is 5.71. The van der Waals surface area contributed by atoms with E-state index in [1.54, 1.807) is 0 Å². The highest BCUT2D eigenvalue weighted by atomic mass is 19.1. The molecule has 2 aromatic rings. The summed E-state index contributed by atoms with van der Waals surface area (Å²) in [5.41, 5.74) is 0.963. The van der Waals surface area contributed by atoms with Crippen LogP contribution in [-0.2, 0) is 11.3 Å². The lowest BCUT2D eigenvalue weighted by Gasteiger charge is -2.10. The van der Waals surface area contributed by atoms with Crippen LogP contribution in [0.4, 0.5) is 4.39 Å². The van der Waals surface area contributed by atoms with Crippen LogP contribution in [0.5, 0.6) is 5.75 Å². The van der Waals surface area contributed by atoms with E-state index < -0.39 is 11.8 Å². The first-order chi connectivity index (χ1) is 8.61. The molecular formula is C12H11FN2O3. The van der Waals surface area contributed by atoms with E-state index in [0.29, 0.717) is 17.0 Å². The number of hydrogen-bond acceptors (Lipinski definition) is 3. The van der Waals surface area contributed by atoms with Crippen molar-refractivity contribution >= 4 is 5.97 Å². The number of carbonyl (C=O) groups is 1. The number of aromatic nitrogens is 2. The number of ether oxygens (including phenoxy) is 1. The SMILES string of the molecule is COc1ccc(F)cc1-c1cncn1CC(=O)O. The van der Waals surface area contributed by atoms with Gasteiger partial charge in [-0.2, -0.15) is 0 Å². The predicted molar refractivity (Wildman–Crippen MR) is 61.8 cm³/mol. The van der Waals surface area contributed by atoms with Crippen molar-refractivity contribution in [3.8, 4) is 17.0 Å². The zero-order valence-electron chi connectivity index (χ0n) is 9.63. The van der Waals surface area contributed by atoms with Crippen LogP contribution in [0, 0.1) is 5.82 Å². The molecule has 0 unspecified atom stereocenters. The third-order valence-electron chi connectivity index (χ3n) is 2.46. The number of benzene rings is 1. The monoisotopic (exact) mass is 250 g/mol. The van der Waals surface area contributed by atoms with Gasteiger partial charge in [0.2, 0.25) is 0 Å². The summed E-state index contributed by atoms with van der Waals surface area (Å²) in [6.45, 7) is -0.241. The molecule has 2 rings (SSSR count). The van der Waals surface area contributed by atoms with Crippen molar-refractivity contribution in [2.75, 3.05) is 7.11 Å². The standard InChI is InChI=1S/C12H11FN2O3/c1-18-11-3-2-8(13)4-9(11)10-5-14-7-15(10)6-12(16)17/h2-5,7H,6H2,1H3,(H,16,17). The maximum Gasteiger partial charge on any atom is 0.323 e. The Morgan fingerprint density at radius 1 is 1.56 bits per heavy atom. The number of nitrogens with zero attached hydrogens (tertiary/aromatic N) is 2. The van der Waals surface area contributed by atoms with Crippen molar-refractivity contribution in [3.63, 3.8) is 0 Å². The Bertz CT molecular complexity index is 580. The molecule has 6 heteroatoms. The topological polar surface area (TPSA) is 64.4 Å². The molecule has 1 heterocycles. The Kier molecular flexibility index (Phi) is 3.27. The van der Waals surface area contributed by atoms with Crippen LogP contribution >= 0.6 is 0 Å². The van der Waals surface area contributed by atoms with Crippen LogP contribution < -0.4 is 4.74 Å². The highest BCUT2D eigenvalue weighted by Gasteiger charge is 2.13. The van der Waals surface area contributed by atoms with Crippen LogP contribution in [0.1, 0.15) is 0 Å². The third kappa shape index (κ3) is 2.32. The van der Waals surface area contributed by atoms with Gasteiger partial charge >= 0.3 is 5.97 Å². The number of halogens is 1. The second kappa shape index (κ2) is 4.87. The molecule has 18 heavy (non-hydrogen) atoms. The quantitative estimate of drug-likeness (QED) is 0.898. The fraction of sp³-hybridized carbons (Fsp3) is 0.167. The Balaban J connectivity index is 2.51. The van der Waals surface area contributed by atoms with Gasteiger partial charge in [-0.05, 0) is 18.2 Å². The number of aliphatic carboxylic acids is 1. The fourth-order valence-corrected chi connectivity index (χ4v) is 1.70. The van der Waals surface area contributed by atoms with E-state index in [2.05, 4.69) is 4.98 Å². The molecule has 0 saturated carbocycles. The second-order valence-corrected chi connectivity index (χ2v) is 3.65. The van der Waals surface area contributed by atoms with Gasteiger partial charge in [-0.25, -0.2) is 9.37 Å². The van der Waals surface area contributed by atoms with Gasteiger partial charge in [0.25, 0.3) is 0 Å². The van der Waals surface area contributed by atoms with Crippen LogP contribution in [0.3, 0.4) is 0 Å². The maximum absolute atomic E-state index is 13.3. The van der Waals surface area contributed by atoms with Gasteiger partial charge in [0.1, 0.15) is 18.1 Å². The molecule has 0 spiro atoms. The molecule has 1 aromatic heterocycles. The molecule has 0 bridgehead atoms. The summed E-state index contributed by atoms with van der Waals surface area (Å²) in [7, 11) is 1.47.